The third-order valence-corrected chi connectivity index (χ3v) is 1.63. The van der Waals surface area contributed by atoms with Crippen LogP contribution >= 0.6 is 0 Å². The predicted molar refractivity (Wildman–Crippen MR) is 54.3 cm³/mol. The van der Waals surface area contributed by atoms with Crippen LogP contribution in [-0.2, 0) is 6.42 Å². The van der Waals surface area contributed by atoms with Gasteiger partial charge >= 0.3 is 0 Å². The van der Waals surface area contributed by atoms with Gasteiger partial charge in [0.1, 0.15) is 0 Å². The monoisotopic (exact) mass is 174 g/mol. The second-order valence-electron chi connectivity index (χ2n) is 2.67. The lowest BCUT2D eigenvalue weighted by Gasteiger charge is -1.91. The zero-order valence-electron chi connectivity index (χ0n) is 7.88. The van der Waals surface area contributed by atoms with E-state index in [-0.39, 0.29) is 0 Å². The Hall–Kier alpha value is -1.33. The van der Waals surface area contributed by atoms with Crippen molar-refractivity contribution in [1.82, 2.24) is 10.3 Å². The quantitative estimate of drug-likeness (QED) is 0.551. The van der Waals surface area contributed by atoms with Crippen molar-refractivity contribution in [3.8, 4) is 11.8 Å². The third-order valence-electron chi connectivity index (χ3n) is 1.63. The molecular formula is C11H14N2. The molecule has 0 aliphatic heterocycles. The van der Waals surface area contributed by atoms with Gasteiger partial charge in [0.05, 0.1) is 6.54 Å². The molecule has 0 saturated heterocycles. The average molecular weight is 174 g/mol. The molecule has 2 heteroatoms. The van der Waals surface area contributed by atoms with Crippen LogP contribution in [0.3, 0.4) is 0 Å². The van der Waals surface area contributed by atoms with Crippen molar-refractivity contribution in [2.24, 2.45) is 0 Å². The molecule has 0 fully saturated rings. The minimum Gasteiger partial charge on any atom is -0.307 e. The standard InChI is InChI=1S/C11H14N2/c1-2-12-8-4-3-5-11-6-9-13-10-7-11/h6-7,9-10,12H,2,5,8H2,1H3. The summed E-state index contributed by atoms with van der Waals surface area (Å²) in [6.07, 6.45) is 4.40. The molecule has 0 aliphatic rings. The largest absolute Gasteiger partial charge is 0.307 e. The zero-order valence-corrected chi connectivity index (χ0v) is 7.88. The van der Waals surface area contributed by atoms with Crippen molar-refractivity contribution < 1.29 is 0 Å². The van der Waals surface area contributed by atoms with E-state index in [1.165, 1.54) is 5.56 Å². The van der Waals surface area contributed by atoms with Crippen LogP contribution in [-0.4, -0.2) is 18.1 Å². The zero-order chi connectivity index (χ0) is 9.36. The van der Waals surface area contributed by atoms with Crippen LogP contribution in [0.25, 0.3) is 0 Å². The van der Waals surface area contributed by atoms with Gasteiger partial charge in [0.25, 0.3) is 0 Å². The molecule has 1 rings (SSSR count). The SMILES string of the molecule is CCNCC#CCc1ccncc1. The van der Waals surface area contributed by atoms with E-state index in [4.69, 9.17) is 0 Å². The molecule has 1 heterocycles. The normalized spacial score (nSPS) is 9.00. The summed E-state index contributed by atoms with van der Waals surface area (Å²) >= 11 is 0. The van der Waals surface area contributed by atoms with Gasteiger partial charge in [-0.25, -0.2) is 0 Å². The molecule has 0 amide bonds. The molecule has 1 aromatic heterocycles. The molecule has 0 unspecified atom stereocenters. The first-order valence-electron chi connectivity index (χ1n) is 4.49. The van der Waals surface area contributed by atoms with Crippen LogP contribution in [0.2, 0.25) is 0 Å². The van der Waals surface area contributed by atoms with Crippen LogP contribution < -0.4 is 5.32 Å². The summed E-state index contributed by atoms with van der Waals surface area (Å²) in [6.45, 7) is 3.83. The molecule has 0 aromatic carbocycles. The van der Waals surface area contributed by atoms with Crippen molar-refractivity contribution >= 4 is 0 Å². The summed E-state index contributed by atoms with van der Waals surface area (Å²) in [5.74, 6) is 6.15. The van der Waals surface area contributed by atoms with Gasteiger partial charge in [-0.15, -0.1) is 0 Å². The number of nitrogens with one attached hydrogen (secondary N) is 1. The van der Waals surface area contributed by atoms with Gasteiger partial charge in [0.15, 0.2) is 0 Å². The van der Waals surface area contributed by atoms with Crippen LogP contribution in [0.1, 0.15) is 12.5 Å². The summed E-state index contributed by atoms with van der Waals surface area (Å²) in [5.41, 5.74) is 1.22. The first-order chi connectivity index (χ1) is 6.43. The van der Waals surface area contributed by atoms with E-state index in [1.807, 2.05) is 12.1 Å². The summed E-state index contributed by atoms with van der Waals surface area (Å²) in [6, 6.07) is 3.98. The van der Waals surface area contributed by atoms with E-state index in [2.05, 4.69) is 29.1 Å². The first kappa shape index (κ1) is 9.76. The first-order valence-corrected chi connectivity index (χ1v) is 4.49. The van der Waals surface area contributed by atoms with E-state index in [0.29, 0.717) is 0 Å². The number of hydrogen-bond donors (Lipinski definition) is 1. The Labute approximate surface area is 79.4 Å². The number of hydrogen-bond acceptors (Lipinski definition) is 2. The lowest BCUT2D eigenvalue weighted by atomic mass is 10.2. The van der Waals surface area contributed by atoms with Crippen molar-refractivity contribution in [3.05, 3.63) is 30.1 Å². The van der Waals surface area contributed by atoms with Crippen LogP contribution in [0.15, 0.2) is 24.5 Å². The molecule has 68 valence electrons. The summed E-state index contributed by atoms with van der Waals surface area (Å²) in [7, 11) is 0. The van der Waals surface area contributed by atoms with E-state index in [1.54, 1.807) is 12.4 Å². The molecule has 1 N–H and O–H groups in total. The van der Waals surface area contributed by atoms with Gasteiger partial charge in [-0.2, -0.15) is 0 Å². The summed E-state index contributed by atoms with van der Waals surface area (Å²) in [4.78, 5) is 3.94. The molecule has 0 radical (unpaired) electrons. The highest BCUT2D eigenvalue weighted by Crippen LogP contribution is 1.95. The Morgan fingerprint density at radius 3 is 2.77 bits per heavy atom. The topological polar surface area (TPSA) is 24.9 Å². The summed E-state index contributed by atoms with van der Waals surface area (Å²) in [5, 5.41) is 3.15. The van der Waals surface area contributed by atoms with E-state index in [0.717, 1.165) is 19.5 Å². The van der Waals surface area contributed by atoms with Gasteiger partial charge in [0.2, 0.25) is 0 Å². The molecular weight excluding hydrogens is 160 g/mol. The predicted octanol–water partition coefficient (Wildman–Crippen LogP) is 1.24. The molecule has 0 bridgehead atoms. The highest BCUT2D eigenvalue weighted by atomic mass is 14.8. The Morgan fingerprint density at radius 1 is 1.31 bits per heavy atom. The van der Waals surface area contributed by atoms with Crippen molar-refractivity contribution in [2.75, 3.05) is 13.1 Å². The highest BCUT2D eigenvalue weighted by Gasteiger charge is 1.84. The number of rotatable bonds is 3. The van der Waals surface area contributed by atoms with Gasteiger partial charge < -0.3 is 5.32 Å². The smallest absolute Gasteiger partial charge is 0.0576 e. The molecule has 0 atom stereocenters. The van der Waals surface area contributed by atoms with Crippen molar-refractivity contribution in [3.63, 3.8) is 0 Å². The number of nitrogens with zero attached hydrogens (tertiary/aromatic N) is 1. The third kappa shape index (κ3) is 4.29. The van der Waals surface area contributed by atoms with Crippen molar-refractivity contribution in [2.45, 2.75) is 13.3 Å². The number of aromatic nitrogens is 1. The minimum absolute atomic E-state index is 0.779. The maximum absolute atomic E-state index is 3.94. The van der Waals surface area contributed by atoms with Gasteiger partial charge in [-0.05, 0) is 24.2 Å². The van der Waals surface area contributed by atoms with Crippen LogP contribution in [0, 0.1) is 11.8 Å². The highest BCUT2D eigenvalue weighted by molar-refractivity contribution is 5.18. The van der Waals surface area contributed by atoms with Gasteiger partial charge in [-0.3, -0.25) is 4.98 Å². The van der Waals surface area contributed by atoms with E-state index in [9.17, 15) is 0 Å². The average Bonchev–Trinajstić information content (AvgIpc) is 2.19. The number of pyridine rings is 1. The molecule has 1 aromatic rings. The van der Waals surface area contributed by atoms with E-state index < -0.39 is 0 Å². The second kappa shape index (κ2) is 6.22. The maximum atomic E-state index is 3.94. The fourth-order valence-electron chi connectivity index (χ4n) is 0.915. The second-order valence-corrected chi connectivity index (χ2v) is 2.67. The molecule has 2 nitrogen and oxygen atoms in total. The van der Waals surface area contributed by atoms with Crippen molar-refractivity contribution in [1.29, 1.82) is 0 Å². The molecule has 0 aliphatic carbocycles. The fraction of sp³-hybridized carbons (Fsp3) is 0.364. The lowest BCUT2D eigenvalue weighted by molar-refractivity contribution is 0.810. The molecule has 0 spiro atoms. The minimum atomic E-state index is 0.779. The van der Waals surface area contributed by atoms with Gasteiger partial charge in [0, 0.05) is 18.8 Å². The maximum Gasteiger partial charge on any atom is 0.0576 e. The van der Waals surface area contributed by atoms with Crippen LogP contribution in [0.5, 0.6) is 0 Å². The van der Waals surface area contributed by atoms with E-state index >= 15 is 0 Å². The molecule has 0 saturated carbocycles. The Kier molecular flexibility index (Phi) is 4.66. The summed E-state index contributed by atoms with van der Waals surface area (Å²) < 4.78 is 0. The lowest BCUT2D eigenvalue weighted by Crippen LogP contribution is -2.11. The van der Waals surface area contributed by atoms with Crippen LogP contribution in [0.4, 0.5) is 0 Å². The fourth-order valence-corrected chi connectivity index (χ4v) is 0.915. The van der Waals surface area contributed by atoms with Gasteiger partial charge in [-0.1, -0.05) is 18.8 Å². The Balaban J connectivity index is 2.29. The Bertz CT molecular complexity index is 282. The Morgan fingerprint density at radius 2 is 2.08 bits per heavy atom. The molecule has 13 heavy (non-hydrogen) atoms.